The molecule has 3 N–H and O–H groups in total. The summed E-state index contributed by atoms with van der Waals surface area (Å²) in [6, 6.07) is 0. The molecule has 1 aliphatic heterocycles. The second-order valence-electron chi connectivity index (χ2n) is 2.30. The number of rotatable bonds is 1. The highest BCUT2D eigenvalue weighted by Crippen LogP contribution is 2.24. The van der Waals surface area contributed by atoms with Gasteiger partial charge < -0.3 is 20.1 Å². The maximum atomic E-state index is 9.08. The molecular formula is C5H11O4P. The first-order valence-corrected chi connectivity index (χ1v) is 3.71. The van der Waals surface area contributed by atoms with Gasteiger partial charge in [-0.2, -0.15) is 0 Å². The smallest absolute Gasteiger partial charge is 0.112 e. The van der Waals surface area contributed by atoms with Crippen LogP contribution in [0.2, 0.25) is 0 Å². The lowest BCUT2D eigenvalue weighted by atomic mass is 10.2. The second kappa shape index (κ2) is 3.11. The van der Waals surface area contributed by atoms with Gasteiger partial charge in [-0.1, -0.05) is 0 Å². The maximum absolute atomic E-state index is 9.08. The van der Waals surface area contributed by atoms with Crippen molar-refractivity contribution < 1.29 is 20.1 Å². The van der Waals surface area contributed by atoms with Gasteiger partial charge in [-0.05, 0) is 0 Å². The van der Waals surface area contributed by atoms with Gasteiger partial charge in [0.05, 0.1) is 12.5 Å². The molecule has 0 bridgehead atoms. The molecule has 5 heteroatoms. The molecule has 1 heterocycles. The van der Waals surface area contributed by atoms with Crippen LogP contribution in [0.3, 0.4) is 0 Å². The van der Waals surface area contributed by atoms with Crippen molar-refractivity contribution >= 4 is 9.24 Å². The minimum Gasteiger partial charge on any atom is -0.394 e. The highest BCUT2D eigenvalue weighted by molar-refractivity contribution is 7.17. The number of ether oxygens (including phenoxy) is 1. The predicted octanol–water partition coefficient (Wildman–Crippen LogP) is -1.70. The van der Waals surface area contributed by atoms with Crippen LogP contribution in [-0.2, 0) is 4.74 Å². The molecule has 1 aliphatic rings. The van der Waals surface area contributed by atoms with E-state index in [-0.39, 0.29) is 6.61 Å². The quantitative estimate of drug-likeness (QED) is 0.406. The first-order valence-electron chi connectivity index (χ1n) is 3.05. The highest BCUT2D eigenvalue weighted by atomic mass is 31.0. The van der Waals surface area contributed by atoms with Crippen molar-refractivity contribution in [2.75, 3.05) is 6.61 Å². The van der Waals surface area contributed by atoms with Gasteiger partial charge in [0, 0.05) is 0 Å². The van der Waals surface area contributed by atoms with E-state index in [2.05, 4.69) is 9.24 Å². The molecule has 5 atom stereocenters. The van der Waals surface area contributed by atoms with Gasteiger partial charge in [0.25, 0.3) is 0 Å². The topological polar surface area (TPSA) is 69.9 Å². The Morgan fingerprint density at radius 1 is 1.30 bits per heavy atom. The zero-order chi connectivity index (χ0) is 7.72. The van der Waals surface area contributed by atoms with Crippen LogP contribution in [0.4, 0.5) is 0 Å². The third-order valence-corrected chi connectivity index (χ3v) is 2.13. The SMILES string of the molecule is OCC1OC(P)C(O)C1O. The molecule has 0 amide bonds. The Balaban J connectivity index is 2.53. The van der Waals surface area contributed by atoms with Gasteiger partial charge >= 0.3 is 0 Å². The van der Waals surface area contributed by atoms with Crippen LogP contribution in [0, 0.1) is 0 Å². The third-order valence-electron chi connectivity index (χ3n) is 1.58. The first-order chi connectivity index (χ1) is 4.66. The van der Waals surface area contributed by atoms with E-state index in [9.17, 15) is 0 Å². The lowest BCUT2D eigenvalue weighted by molar-refractivity contribution is -0.00817. The normalized spacial score (nSPS) is 48.0. The molecule has 0 aromatic heterocycles. The summed E-state index contributed by atoms with van der Waals surface area (Å²) in [6.45, 7) is -0.261. The van der Waals surface area contributed by atoms with Crippen LogP contribution in [0.5, 0.6) is 0 Å². The fraction of sp³-hybridized carbons (Fsp3) is 1.00. The van der Waals surface area contributed by atoms with Gasteiger partial charge in [0.2, 0.25) is 0 Å². The summed E-state index contributed by atoms with van der Waals surface area (Å²) in [6.07, 6.45) is -2.51. The summed E-state index contributed by atoms with van der Waals surface area (Å²) in [5.74, 6) is -0.466. The Morgan fingerprint density at radius 3 is 2.10 bits per heavy atom. The summed E-state index contributed by atoms with van der Waals surface area (Å²) >= 11 is 0. The summed E-state index contributed by atoms with van der Waals surface area (Å²) in [5, 5.41) is 26.7. The van der Waals surface area contributed by atoms with Gasteiger partial charge in [0.15, 0.2) is 0 Å². The number of hydrogen-bond acceptors (Lipinski definition) is 4. The monoisotopic (exact) mass is 166 g/mol. The van der Waals surface area contributed by atoms with Gasteiger partial charge in [-0.25, -0.2) is 0 Å². The van der Waals surface area contributed by atoms with Crippen LogP contribution in [-0.4, -0.2) is 46.1 Å². The van der Waals surface area contributed by atoms with E-state index < -0.39 is 24.2 Å². The fourth-order valence-corrected chi connectivity index (χ4v) is 1.36. The molecule has 0 radical (unpaired) electrons. The fourth-order valence-electron chi connectivity index (χ4n) is 0.928. The number of hydrogen-bond donors (Lipinski definition) is 3. The largest absolute Gasteiger partial charge is 0.394 e. The van der Waals surface area contributed by atoms with E-state index in [0.29, 0.717) is 0 Å². The minimum absolute atomic E-state index is 0.261. The molecule has 1 fully saturated rings. The van der Waals surface area contributed by atoms with E-state index in [1.165, 1.54) is 0 Å². The predicted molar refractivity (Wildman–Crippen MR) is 37.5 cm³/mol. The molecule has 0 spiro atoms. The molecule has 0 aliphatic carbocycles. The molecule has 5 unspecified atom stereocenters. The molecular weight excluding hydrogens is 155 g/mol. The Hall–Kier alpha value is 0.270. The van der Waals surface area contributed by atoms with Crippen molar-refractivity contribution in [1.82, 2.24) is 0 Å². The average Bonchev–Trinajstić information content (AvgIpc) is 2.17. The Labute approximate surface area is 61.0 Å². The molecule has 4 nitrogen and oxygen atoms in total. The van der Waals surface area contributed by atoms with Gasteiger partial charge in [0.1, 0.15) is 18.3 Å². The van der Waals surface area contributed by atoms with Crippen molar-refractivity contribution in [3.63, 3.8) is 0 Å². The Morgan fingerprint density at radius 2 is 1.90 bits per heavy atom. The summed E-state index contributed by atoms with van der Waals surface area (Å²) in [4.78, 5) is 0. The third kappa shape index (κ3) is 1.31. The minimum atomic E-state index is -0.965. The standard InChI is InChI=1S/C5H11O4P/c6-1-2-3(7)4(8)5(10)9-2/h2-8H,1,10H2. The first kappa shape index (κ1) is 8.37. The van der Waals surface area contributed by atoms with Gasteiger partial charge in [-0.15, -0.1) is 9.24 Å². The van der Waals surface area contributed by atoms with Crippen molar-refractivity contribution in [2.45, 2.75) is 24.2 Å². The van der Waals surface area contributed by atoms with E-state index in [4.69, 9.17) is 20.1 Å². The number of aliphatic hydroxyl groups excluding tert-OH is 3. The van der Waals surface area contributed by atoms with Crippen molar-refractivity contribution in [2.24, 2.45) is 0 Å². The van der Waals surface area contributed by atoms with Crippen molar-refractivity contribution in [1.29, 1.82) is 0 Å². The van der Waals surface area contributed by atoms with E-state index >= 15 is 0 Å². The summed E-state index contributed by atoms with van der Waals surface area (Å²) in [7, 11) is 2.25. The second-order valence-corrected chi connectivity index (χ2v) is 2.96. The lowest BCUT2D eigenvalue weighted by Gasteiger charge is -2.10. The zero-order valence-corrected chi connectivity index (χ0v) is 6.50. The van der Waals surface area contributed by atoms with Crippen LogP contribution in [0.15, 0.2) is 0 Å². The van der Waals surface area contributed by atoms with Crippen LogP contribution < -0.4 is 0 Å². The van der Waals surface area contributed by atoms with Crippen LogP contribution >= 0.6 is 9.24 Å². The maximum Gasteiger partial charge on any atom is 0.112 e. The molecule has 1 rings (SSSR count). The summed E-state index contributed by atoms with van der Waals surface area (Å²) < 4.78 is 4.95. The van der Waals surface area contributed by atoms with Crippen molar-refractivity contribution in [3.8, 4) is 0 Å². The van der Waals surface area contributed by atoms with E-state index in [0.717, 1.165) is 0 Å². The molecule has 0 saturated carbocycles. The Bertz CT molecular complexity index is 120. The summed E-state index contributed by atoms with van der Waals surface area (Å²) in [5.41, 5.74) is 0. The average molecular weight is 166 g/mol. The van der Waals surface area contributed by atoms with E-state index in [1.807, 2.05) is 0 Å². The molecule has 0 aromatic carbocycles. The molecule has 1 saturated heterocycles. The number of aliphatic hydroxyl groups is 3. The van der Waals surface area contributed by atoms with Crippen molar-refractivity contribution in [3.05, 3.63) is 0 Å². The molecule has 60 valence electrons. The zero-order valence-electron chi connectivity index (χ0n) is 5.34. The Kier molecular flexibility index (Phi) is 2.61. The lowest BCUT2D eigenvalue weighted by Crippen LogP contribution is -2.32. The van der Waals surface area contributed by atoms with Crippen LogP contribution in [0.25, 0.3) is 0 Å². The van der Waals surface area contributed by atoms with Crippen LogP contribution in [0.1, 0.15) is 0 Å². The highest BCUT2D eigenvalue weighted by Gasteiger charge is 2.39. The van der Waals surface area contributed by atoms with Gasteiger partial charge in [-0.3, -0.25) is 0 Å². The molecule has 10 heavy (non-hydrogen) atoms. The van der Waals surface area contributed by atoms with E-state index in [1.54, 1.807) is 0 Å². The molecule has 0 aromatic rings.